The lowest BCUT2D eigenvalue weighted by Gasteiger charge is -2.06. The van der Waals surface area contributed by atoms with Crippen molar-refractivity contribution in [1.29, 1.82) is 0 Å². The van der Waals surface area contributed by atoms with Crippen molar-refractivity contribution in [3.63, 3.8) is 0 Å². The van der Waals surface area contributed by atoms with Gasteiger partial charge in [-0.2, -0.15) is 0 Å². The number of carbonyl (C=O) groups excluding carboxylic acids is 1. The van der Waals surface area contributed by atoms with Crippen molar-refractivity contribution >= 4 is 46.3 Å². The number of thiazole rings is 1. The van der Waals surface area contributed by atoms with E-state index in [0.29, 0.717) is 6.54 Å². The summed E-state index contributed by atoms with van der Waals surface area (Å²) >= 11 is 9.11. The molecule has 0 atom stereocenters. The number of nitro benzene ring substituents is 1. The Hall–Kier alpha value is -1.64. The van der Waals surface area contributed by atoms with E-state index in [2.05, 4.69) is 10.3 Å². The maximum Gasteiger partial charge on any atom is 0.270 e. The number of hydrogen-bond donors (Lipinski definition) is 1. The van der Waals surface area contributed by atoms with Crippen LogP contribution in [0.1, 0.15) is 16.8 Å². The van der Waals surface area contributed by atoms with Gasteiger partial charge in [-0.05, 0) is 12.5 Å². The minimum absolute atomic E-state index is 0.114. The maximum atomic E-state index is 12.0. The average molecular weight is 358 g/mol. The number of non-ortho nitro benzene ring substituents is 1. The molecule has 1 N–H and O–H groups in total. The maximum absolute atomic E-state index is 12.0. The number of aromatic nitrogens is 1. The van der Waals surface area contributed by atoms with Crippen LogP contribution in [0.3, 0.4) is 0 Å². The largest absolute Gasteiger partial charge is 0.352 e. The van der Waals surface area contributed by atoms with Gasteiger partial charge in [0.25, 0.3) is 11.6 Å². The SMILES string of the molecule is O=C(NCCCSc1nccs1)c1cc([N+](=O)[O-])ccc1Cl. The first-order valence-electron chi connectivity index (χ1n) is 6.32. The standard InChI is InChI=1S/C13H12ClN3O3S2/c14-11-3-2-9(17(19)20)8-10(11)12(18)15-4-1-6-21-13-16-5-7-22-13/h2-3,5,7-8H,1,4,6H2,(H,15,18). The molecule has 1 aromatic heterocycles. The van der Waals surface area contributed by atoms with Gasteiger partial charge in [0.2, 0.25) is 0 Å². The van der Waals surface area contributed by atoms with Crippen molar-refractivity contribution in [3.05, 3.63) is 50.5 Å². The fourth-order valence-electron chi connectivity index (χ4n) is 1.61. The molecule has 0 radical (unpaired) electrons. The zero-order valence-electron chi connectivity index (χ0n) is 11.3. The van der Waals surface area contributed by atoms with Crippen LogP contribution in [-0.2, 0) is 0 Å². The normalized spacial score (nSPS) is 10.4. The molecule has 9 heteroatoms. The van der Waals surface area contributed by atoms with Gasteiger partial charge >= 0.3 is 0 Å². The van der Waals surface area contributed by atoms with E-state index in [-0.39, 0.29) is 16.3 Å². The molecule has 2 rings (SSSR count). The van der Waals surface area contributed by atoms with E-state index >= 15 is 0 Å². The lowest BCUT2D eigenvalue weighted by atomic mass is 10.2. The number of thioether (sulfide) groups is 1. The first-order valence-corrected chi connectivity index (χ1v) is 8.56. The Morgan fingerprint density at radius 1 is 1.50 bits per heavy atom. The van der Waals surface area contributed by atoms with Gasteiger partial charge < -0.3 is 5.32 Å². The summed E-state index contributed by atoms with van der Waals surface area (Å²) in [5.41, 5.74) is -0.0441. The Kier molecular flexibility index (Phi) is 6.17. The Bertz CT molecular complexity index is 665. The summed E-state index contributed by atoms with van der Waals surface area (Å²) in [6, 6.07) is 3.80. The second-order valence-electron chi connectivity index (χ2n) is 4.18. The number of nitrogens with one attached hydrogen (secondary N) is 1. The molecule has 6 nitrogen and oxygen atoms in total. The zero-order valence-corrected chi connectivity index (χ0v) is 13.7. The van der Waals surface area contributed by atoms with Gasteiger partial charge in [0.05, 0.1) is 15.5 Å². The van der Waals surface area contributed by atoms with Crippen LogP contribution >= 0.6 is 34.7 Å². The summed E-state index contributed by atoms with van der Waals surface area (Å²) in [6.45, 7) is 0.468. The van der Waals surface area contributed by atoms with E-state index in [1.165, 1.54) is 18.2 Å². The third kappa shape index (κ3) is 4.69. The number of carbonyl (C=O) groups is 1. The van der Waals surface area contributed by atoms with Crippen LogP contribution in [0.5, 0.6) is 0 Å². The Labute approximate surface area is 140 Å². The minimum Gasteiger partial charge on any atom is -0.352 e. The third-order valence-corrected chi connectivity index (χ3v) is 5.03. The molecule has 0 aliphatic rings. The van der Waals surface area contributed by atoms with E-state index in [9.17, 15) is 14.9 Å². The fourth-order valence-corrected chi connectivity index (χ4v) is 3.46. The number of amides is 1. The molecule has 1 aromatic carbocycles. The van der Waals surface area contributed by atoms with Crippen LogP contribution in [0.4, 0.5) is 5.69 Å². The molecular weight excluding hydrogens is 346 g/mol. The summed E-state index contributed by atoms with van der Waals surface area (Å²) < 4.78 is 0.994. The van der Waals surface area contributed by atoms with Crippen molar-refractivity contribution in [1.82, 2.24) is 10.3 Å². The van der Waals surface area contributed by atoms with Crippen molar-refractivity contribution < 1.29 is 9.72 Å². The van der Waals surface area contributed by atoms with Gasteiger partial charge in [0, 0.05) is 36.0 Å². The number of benzene rings is 1. The summed E-state index contributed by atoms with van der Waals surface area (Å²) in [5, 5.41) is 15.5. The van der Waals surface area contributed by atoms with Gasteiger partial charge in [-0.3, -0.25) is 14.9 Å². The van der Waals surface area contributed by atoms with Crippen molar-refractivity contribution in [2.75, 3.05) is 12.3 Å². The molecule has 1 amide bonds. The monoisotopic (exact) mass is 357 g/mol. The highest BCUT2D eigenvalue weighted by molar-refractivity contribution is 8.00. The molecule has 22 heavy (non-hydrogen) atoms. The Balaban J connectivity index is 1.82. The zero-order chi connectivity index (χ0) is 15.9. The molecule has 0 bridgehead atoms. The third-order valence-electron chi connectivity index (χ3n) is 2.65. The van der Waals surface area contributed by atoms with Crippen molar-refractivity contribution in [2.45, 2.75) is 10.8 Å². The second kappa shape index (κ2) is 8.11. The van der Waals surface area contributed by atoms with Gasteiger partial charge in [-0.15, -0.1) is 11.3 Å². The molecule has 0 aliphatic heterocycles. The molecular formula is C13H12ClN3O3S2. The van der Waals surface area contributed by atoms with Crippen LogP contribution in [0.15, 0.2) is 34.1 Å². The van der Waals surface area contributed by atoms with E-state index in [1.54, 1.807) is 29.3 Å². The summed E-state index contributed by atoms with van der Waals surface area (Å²) in [7, 11) is 0. The number of nitro groups is 1. The highest BCUT2D eigenvalue weighted by Gasteiger charge is 2.15. The number of halogens is 1. The minimum atomic E-state index is -0.558. The van der Waals surface area contributed by atoms with Crippen molar-refractivity contribution in [3.8, 4) is 0 Å². The molecule has 0 spiro atoms. The van der Waals surface area contributed by atoms with E-state index < -0.39 is 10.8 Å². The fraction of sp³-hybridized carbons (Fsp3) is 0.231. The van der Waals surface area contributed by atoms with E-state index in [4.69, 9.17) is 11.6 Å². The predicted octanol–water partition coefficient (Wildman–Crippen LogP) is 3.62. The molecule has 1 heterocycles. The highest BCUT2D eigenvalue weighted by Crippen LogP contribution is 2.22. The van der Waals surface area contributed by atoms with Crippen LogP contribution in [-0.4, -0.2) is 28.1 Å². The molecule has 0 unspecified atom stereocenters. The number of nitrogens with zero attached hydrogens (tertiary/aromatic N) is 2. The Morgan fingerprint density at radius 3 is 3.00 bits per heavy atom. The summed E-state index contributed by atoms with van der Waals surface area (Å²) in [5.74, 6) is 0.421. The number of rotatable bonds is 7. The predicted molar refractivity (Wildman–Crippen MR) is 87.9 cm³/mol. The van der Waals surface area contributed by atoms with Crippen LogP contribution in [0.2, 0.25) is 5.02 Å². The smallest absolute Gasteiger partial charge is 0.270 e. The highest BCUT2D eigenvalue weighted by atomic mass is 35.5. The van der Waals surface area contributed by atoms with Crippen LogP contribution < -0.4 is 5.32 Å². The topological polar surface area (TPSA) is 85.1 Å². The quantitative estimate of drug-likeness (QED) is 0.354. The van der Waals surface area contributed by atoms with E-state index in [1.807, 2.05) is 5.38 Å². The first-order chi connectivity index (χ1) is 10.6. The molecule has 0 fully saturated rings. The molecule has 0 aliphatic carbocycles. The summed E-state index contributed by atoms with van der Waals surface area (Å²) in [6.07, 6.45) is 2.52. The first kappa shape index (κ1) is 16.7. The average Bonchev–Trinajstić information content (AvgIpc) is 3.00. The molecule has 0 saturated heterocycles. The van der Waals surface area contributed by atoms with Gasteiger partial charge in [0.1, 0.15) is 4.34 Å². The van der Waals surface area contributed by atoms with Crippen molar-refractivity contribution in [2.24, 2.45) is 0 Å². The molecule has 116 valence electrons. The van der Waals surface area contributed by atoms with E-state index in [0.717, 1.165) is 16.5 Å². The Morgan fingerprint density at radius 2 is 2.32 bits per heavy atom. The molecule has 2 aromatic rings. The van der Waals surface area contributed by atoms with Gasteiger partial charge in [0.15, 0.2) is 0 Å². The van der Waals surface area contributed by atoms with Crippen LogP contribution in [0, 0.1) is 10.1 Å². The van der Waals surface area contributed by atoms with Gasteiger partial charge in [-0.25, -0.2) is 4.98 Å². The lowest BCUT2D eigenvalue weighted by Crippen LogP contribution is -2.25. The summed E-state index contributed by atoms with van der Waals surface area (Å²) in [4.78, 5) is 26.3. The molecule has 0 saturated carbocycles. The second-order valence-corrected chi connectivity index (χ2v) is 6.82. The number of hydrogen-bond acceptors (Lipinski definition) is 6. The van der Waals surface area contributed by atoms with Crippen LogP contribution in [0.25, 0.3) is 0 Å². The lowest BCUT2D eigenvalue weighted by molar-refractivity contribution is -0.384. The van der Waals surface area contributed by atoms with Gasteiger partial charge in [-0.1, -0.05) is 23.4 Å².